The SMILES string of the molecule is CSc1ncc(CCN2C(=O)CN(C)C2c2ccc(C(C)(C)C)cc2)cn1. The molecule has 1 fully saturated rings. The molecule has 1 aromatic heterocycles. The van der Waals surface area contributed by atoms with Gasteiger partial charge in [0.25, 0.3) is 0 Å². The van der Waals surface area contributed by atoms with Crippen molar-refractivity contribution in [3.8, 4) is 0 Å². The Morgan fingerprint density at radius 1 is 1.15 bits per heavy atom. The fourth-order valence-electron chi connectivity index (χ4n) is 3.43. The summed E-state index contributed by atoms with van der Waals surface area (Å²) in [5.74, 6) is 0.170. The Morgan fingerprint density at radius 2 is 1.78 bits per heavy atom. The molecule has 1 atom stereocenters. The Labute approximate surface area is 166 Å². The molecule has 1 saturated heterocycles. The predicted octanol–water partition coefficient (Wildman–Crippen LogP) is 3.51. The normalized spacial score (nSPS) is 18.3. The van der Waals surface area contributed by atoms with E-state index in [4.69, 9.17) is 0 Å². The summed E-state index contributed by atoms with van der Waals surface area (Å²) in [4.78, 5) is 25.3. The third-order valence-electron chi connectivity index (χ3n) is 5.00. The molecule has 5 nitrogen and oxygen atoms in total. The minimum absolute atomic E-state index is 0.0158. The fourth-order valence-corrected chi connectivity index (χ4v) is 3.74. The topological polar surface area (TPSA) is 49.3 Å². The average molecular weight is 385 g/mol. The molecular weight excluding hydrogens is 356 g/mol. The van der Waals surface area contributed by atoms with Gasteiger partial charge in [0, 0.05) is 18.9 Å². The summed E-state index contributed by atoms with van der Waals surface area (Å²) in [5, 5.41) is 0.771. The summed E-state index contributed by atoms with van der Waals surface area (Å²) in [7, 11) is 2.01. The maximum Gasteiger partial charge on any atom is 0.238 e. The van der Waals surface area contributed by atoms with Gasteiger partial charge in [0.15, 0.2) is 5.16 Å². The molecule has 0 N–H and O–H groups in total. The number of likely N-dealkylation sites (N-methyl/N-ethyl adjacent to an activating group) is 1. The molecule has 1 unspecified atom stereocenters. The molecular formula is C21H28N4OS. The summed E-state index contributed by atoms with van der Waals surface area (Å²) < 4.78 is 0. The van der Waals surface area contributed by atoms with Gasteiger partial charge in [-0.1, -0.05) is 56.8 Å². The van der Waals surface area contributed by atoms with Crippen LogP contribution < -0.4 is 0 Å². The molecule has 6 heteroatoms. The van der Waals surface area contributed by atoms with Gasteiger partial charge in [0.1, 0.15) is 6.17 Å². The zero-order valence-corrected chi connectivity index (χ0v) is 17.6. The number of benzene rings is 1. The van der Waals surface area contributed by atoms with Gasteiger partial charge >= 0.3 is 0 Å². The van der Waals surface area contributed by atoms with Crippen LogP contribution in [0.15, 0.2) is 41.8 Å². The van der Waals surface area contributed by atoms with E-state index in [9.17, 15) is 4.79 Å². The van der Waals surface area contributed by atoms with Gasteiger partial charge in [-0.2, -0.15) is 0 Å². The highest BCUT2D eigenvalue weighted by Crippen LogP contribution is 2.31. The summed E-state index contributed by atoms with van der Waals surface area (Å²) in [6, 6.07) is 8.67. The van der Waals surface area contributed by atoms with E-state index in [-0.39, 0.29) is 17.5 Å². The van der Waals surface area contributed by atoms with E-state index in [0.29, 0.717) is 13.1 Å². The molecule has 0 bridgehead atoms. The monoisotopic (exact) mass is 384 g/mol. The summed E-state index contributed by atoms with van der Waals surface area (Å²) >= 11 is 1.53. The van der Waals surface area contributed by atoms with Crippen molar-refractivity contribution in [3.63, 3.8) is 0 Å². The van der Waals surface area contributed by atoms with E-state index in [0.717, 1.165) is 22.7 Å². The van der Waals surface area contributed by atoms with E-state index < -0.39 is 0 Å². The van der Waals surface area contributed by atoms with Crippen molar-refractivity contribution in [2.24, 2.45) is 0 Å². The minimum atomic E-state index is -0.0158. The largest absolute Gasteiger partial charge is 0.321 e. The van der Waals surface area contributed by atoms with E-state index in [1.807, 2.05) is 30.6 Å². The number of carbonyl (C=O) groups excluding carboxylic acids is 1. The Balaban J connectivity index is 1.75. The second-order valence-electron chi connectivity index (χ2n) is 8.08. The molecule has 0 spiro atoms. The number of hydrogen-bond donors (Lipinski definition) is 0. The number of nitrogens with zero attached hydrogens (tertiary/aromatic N) is 4. The first-order valence-corrected chi connectivity index (χ1v) is 10.5. The van der Waals surface area contributed by atoms with Crippen molar-refractivity contribution in [3.05, 3.63) is 53.3 Å². The smallest absolute Gasteiger partial charge is 0.238 e. The van der Waals surface area contributed by atoms with Gasteiger partial charge in [-0.05, 0) is 41.8 Å². The van der Waals surface area contributed by atoms with Crippen LogP contribution in [0.5, 0.6) is 0 Å². The molecule has 144 valence electrons. The van der Waals surface area contributed by atoms with Crippen molar-refractivity contribution in [2.75, 3.05) is 26.4 Å². The Bertz CT molecular complexity index is 783. The van der Waals surface area contributed by atoms with Crippen LogP contribution in [0.4, 0.5) is 0 Å². The van der Waals surface area contributed by atoms with Crippen LogP contribution in [-0.2, 0) is 16.6 Å². The number of aromatic nitrogens is 2. The van der Waals surface area contributed by atoms with Gasteiger partial charge in [-0.3, -0.25) is 9.69 Å². The van der Waals surface area contributed by atoms with Gasteiger partial charge in [-0.25, -0.2) is 9.97 Å². The summed E-state index contributed by atoms with van der Waals surface area (Å²) in [6.07, 6.45) is 6.42. The number of rotatable bonds is 5. The molecule has 1 amide bonds. The van der Waals surface area contributed by atoms with E-state index in [1.165, 1.54) is 17.3 Å². The quantitative estimate of drug-likeness (QED) is 0.583. The van der Waals surface area contributed by atoms with Crippen molar-refractivity contribution in [1.82, 2.24) is 19.8 Å². The van der Waals surface area contributed by atoms with Crippen molar-refractivity contribution in [1.29, 1.82) is 0 Å². The molecule has 1 aliphatic heterocycles. The third-order valence-corrected chi connectivity index (χ3v) is 5.57. The van der Waals surface area contributed by atoms with E-state index >= 15 is 0 Å². The standard InChI is InChI=1S/C21H28N4OS/c1-21(2,3)17-8-6-16(7-9-17)19-24(4)14-18(26)25(19)11-10-15-12-22-20(27-5)23-13-15/h6-9,12-13,19H,10-11,14H2,1-5H3. The van der Waals surface area contributed by atoms with Crippen LogP contribution in [-0.4, -0.2) is 52.1 Å². The highest BCUT2D eigenvalue weighted by molar-refractivity contribution is 7.98. The van der Waals surface area contributed by atoms with Crippen molar-refractivity contribution >= 4 is 17.7 Å². The highest BCUT2D eigenvalue weighted by atomic mass is 32.2. The molecule has 0 radical (unpaired) electrons. The first kappa shape index (κ1) is 19.8. The lowest BCUT2D eigenvalue weighted by atomic mass is 9.86. The third kappa shape index (κ3) is 4.50. The Hall–Kier alpha value is -1.92. The first-order valence-electron chi connectivity index (χ1n) is 9.24. The minimum Gasteiger partial charge on any atom is -0.321 e. The van der Waals surface area contributed by atoms with Crippen LogP contribution >= 0.6 is 11.8 Å². The lowest BCUT2D eigenvalue weighted by Gasteiger charge is -2.29. The second-order valence-corrected chi connectivity index (χ2v) is 8.85. The van der Waals surface area contributed by atoms with Crippen LogP contribution in [0.3, 0.4) is 0 Å². The maximum absolute atomic E-state index is 12.6. The highest BCUT2D eigenvalue weighted by Gasteiger charge is 2.36. The second kappa shape index (κ2) is 7.98. The first-order chi connectivity index (χ1) is 12.8. The number of thioether (sulfide) groups is 1. The van der Waals surface area contributed by atoms with Crippen LogP contribution in [0, 0.1) is 0 Å². The zero-order chi connectivity index (χ0) is 19.6. The number of amides is 1. The lowest BCUT2D eigenvalue weighted by Crippen LogP contribution is -2.32. The van der Waals surface area contributed by atoms with Gasteiger partial charge in [-0.15, -0.1) is 0 Å². The fraction of sp³-hybridized carbons (Fsp3) is 0.476. The molecule has 1 aliphatic rings. The molecule has 0 aliphatic carbocycles. The molecule has 0 saturated carbocycles. The van der Waals surface area contributed by atoms with E-state index in [1.54, 1.807) is 0 Å². The number of carbonyl (C=O) groups is 1. The molecule has 3 rings (SSSR count). The summed E-state index contributed by atoms with van der Waals surface area (Å²) in [6.45, 7) is 7.75. The number of hydrogen-bond acceptors (Lipinski definition) is 5. The van der Waals surface area contributed by atoms with Crippen LogP contribution in [0.1, 0.15) is 43.6 Å². The Kier molecular flexibility index (Phi) is 5.86. The van der Waals surface area contributed by atoms with Gasteiger partial charge < -0.3 is 4.90 Å². The lowest BCUT2D eigenvalue weighted by molar-refractivity contribution is -0.128. The molecule has 2 heterocycles. The molecule has 2 aromatic rings. The van der Waals surface area contributed by atoms with Crippen LogP contribution in [0.2, 0.25) is 0 Å². The summed E-state index contributed by atoms with van der Waals surface area (Å²) in [5.41, 5.74) is 3.64. The van der Waals surface area contributed by atoms with Crippen molar-refractivity contribution in [2.45, 2.75) is 43.9 Å². The average Bonchev–Trinajstić information content (AvgIpc) is 2.93. The van der Waals surface area contributed by atoms with Gasteiger partial charge in [0.2, 0.25) is 5.91 Å². The predicted molar refractivity (Wildman–Crippen MR) is 110 cm³/mol. The van der Waals surface area contributed by atoms with Gasteiger partial charge in [0.05, 0.1) is 6.54 Å². The Morgan fingerprint density at radius 3 is 2.33 bits per heavy atom. The molecule has 1 aromatic carbocycles. The zero-order valence-electron chi connectivity index (χ0n) is 16.8. The maximum atomic E-state index is 12.6. The van der Waals surface area contributed by atoms with Crippen molar-refractivity contribution < 1.29 is 4.79 Å². The van der Waals surface area contributed by atoms with E-state index in [2.05, 4.69) is 59.9 Å². The molecule has 27 heavy (non-hydrogen) atoms. The van der Waals surface area contributed by atoms with Crippen LogP contribution in [0.25, 0.3) is 0 Å².